The first kappa shape index (κ1) is 16.2. The van der Waals surface area contributed by atoms with Crippen LogP contribution in [0.5, 0.6) is 0 Å². The van der Waals surface area contributed by atoms with Gasteiger partial charge in [0.15, 0.2) is 0 Å². The highest BCUT2D eigenvalue weighted by Gasteiger charge is 2.24. The first-order valence-electron chi connectivity index (χ1n) is 7.45. The van der Waals surface area contributed by atoms with Crippen LogP contribution in [0.3, 0.4) is 0 Å². The molecule has 116 valence electrons. The third-order valence-electron chi connectivity index (χ3n) is 3.90. The number of rotatable bonds is 4. The van der Waals surface area contributed by atoms with Crippen molar-refractivity contribution in [2.24, 2.45) is 5.92 Å². The number of nitrogens with zero attached hydrogens (tertiary/aromatic N) is 1. The Kier molecular flexibility index (Phi) is 5.59. The number of halogens is 2. The molecule has 1 saturated heterocycles. The lowest BCUT2D eigenvalue weighted by atomic mass is 9.98. The number of hydrogen-bond acceptors (Lipinski definition) is 2. The quantitative estimate of drug-likeness (QED) is 0.925. The molecule has 1 heterocycles. The second-order valence-corrected chi connectivity index (χ2v) is 6.30. The standard InChI is InChI=1S/C16H22ClFN2O/c1-11(2)20(10-12-4-3-7-19-9-12)16(21)13-5-6-15(18)14(17)8-13/h5-6,8,11-12,19H,3-4,7,9-10H2,1-2H3. The Hall–Kier alpha value is -1.13. The van der Waals surface area contributed by atoms with E-state index in [4.69, 9.17) is 11.6 Å². The Morgan fingerprint density at radius 1 is 1.52 bits per heavy atom. The van der Waals surface area contributed by atoms with Crippen molar-refractivity contribution in [3.63, 3.8) is 0 Å². The first-order chi connectivity index (χ1) is 9.99. The molecule has 1 atom stereocenters. The number of carbonyl (C=O) groups is 1. The van der Waals surface area contributed by atoms with Crippen molar-refractivity contribution in [3.05, 3.63) is 34.6 Å². The molecule has 2 rings (SSSR count). The Bertz CT molecular complexity index is 501. The topological polar surface area (TPSA) is 32.3 Å². The van der Waals surface area contributed by atoms with Crippen LogP contribution in [-0.2, 0) is 0 Å². The van der Waals surface area contributed by atoms with Gasteiger partial charge >= 0.3 is 0 Å². The maximum Gasteiger partial charge on any atom is 0.254 e. The molecule has 1 fully saturated rings. The van der Waals surface area contributed by atoms with Gasteiger partial charge in [-0.05, 0) is 63.9 Å². The van der Waals surface area contributed by atoms with E-state index in [1.165, 1.54) is 18.2 Å². The maximum absolute atomic E-state index is 13.2. The highest BCUT2D eigenvalue weighted by molar-refractivity contribution is 6.31. The average molecular weight is 313 g/mol. The van der Waals surface area contributed by atoms with E-state index in [1.807, 2.05) is 18.7 Å². The zero-order valence-electron chi connectivity index (χ0n) is 12.5. The van der Waals surface area contributed by atoms with Crippen LogP contribution in [0.1, 0.15) is 37.0 Å². The SMILES string of the molecule is CC(C)N(CC1CCCNC1)C(=O)c1ccc(F)c(Cl)c1. The minimum atomic E-state index is -0.499. The fourth-order valence-corrected chi connectivity index (χ4v) is 2.86. The molecule has 1 aromatic carbocycles. The molecule has 0 saturated carbocycles. The molecule has 0 bridgehead atoms. The van der Waals surface area contributed by atoms with Gasteiger partial charge < -0.3 is 10.2 Å². The number of piperidine rings is 1. The summed E-state index contributed by atoms with van der Waals surface area (Å²) in [5.41, 5.74) is 0.443. The zero-order valence-corrected chi connectivity index (χ0v) is 13.3. The largest absolute Gasteiger partial charge is 0.336 e. The van der Waals surface area contributed by atoms with Crippen LogP contribution >= 0.6 is 11.6 Å². The molecule has 0 aromatic heterocycles. The molecule has 1 aromatic rings. The molecule has 3 nitrogen and oxygen atoms in total. The van der Waals surface area contributed by atoms with E-state index in [0.29, 0.717) is 11.5 Å². The number of hydrogen-bond donors (Lipinski definition) is 1. The summed E-state index contributed by atoms with van der Waals surface area (Å²) in [6, 6.07) is 4.26. The number of nitrogens with one attached hydrogen (secondary N) is 1. The van der Waals surface area contributed by atoms with Crippen molar-refractivity contribution in [1.29, 1.82) is 0 Å². The van der Waals surface area contributed by atoms with Gasteiger partial charge in [0.25, 0.3) is 5.91 Å². The van der Waals surface area contributed by atoms with Gasteiger partial charge in [0.2, 0.25) is 0 Å². The summed E-state index contributed by atoms with van der Waals surface area (Å²) in [5.74, 6) is -0.112. The van der Waals surface area contributed by atoms with E-state index in [-0.39, 0.29) is 17.0 Å². The number of amides is 1. The molecule has 0 spiro atoms. The molecule has 0 aliphatic carbocycles. The van der Waals surface area contributed by atoms with E-state index in [2.05, 4.69) is 5.32 Å². The summed E-state index contributed by atoms with van der Waals surface area (Å²) in [6.07, 6.45) is 2.28. The molecule has 1 amide bonds. The molecule has 21 heavy (non-hydrogen) atoms. The summed E-state index contributed by atoms with van der Waals surface area (Å²) in [7, 11) is 0. The van der Waals surface area contributed by atoms with Crippen LogP contribution in [-0.4, -0.2) is 36.5 Å². The molecule has 0 radical (unpaired) electrons. The summed E-state index contributed by atoms with van der Waals surface area (Å²) in [6.45, 7) is 6.72. The smallest absolute Gasteiger partial charge is 0.254 e. The summed E-state index contributed by atoms with van der Waals surface area (Å²) in [4.78, 5) is 14.5. The summed E-state index contributed by atoms with van der Waals surface area (Å²) in [5, 5.41) is 3.36. The molecule has 1 unspecified atom stereocenters. The maximum atomic E-state index is 13.2. The minimum Gasteiger partial charge on any atom is -0.336 e. The van der Waals surface area contributed by atoms with Gasteiger partial charge in [0.1, 0.15) is 5.82 Å². The van der Waals surface area contributed by atoms with Gasteiger partial charge in [-0.15, -0.1) is 0 Å². The van der Waals surface area contributed by atoms with Crippen molar-refractivity contribution in [2.45, 2.75) is 32.7 Å². The minimum absolute atomic E-state index is 0.0103. The zero-order chi connectivity index (χ0) is 15.4. The van der Waals surface area contributed by atoms with Crippen LogP contribution < -0.4 is 5.32 Å². The Labute approximate surface area is 130 Å². The van der Waals surface area contributed by atoms with Gasteiger partial charge in [-0.25, -0.2) is 4.39 Å². The van der Waals surface area contributed by atoms with Gasteiger partial charge in [-0.2, -0.15) is 0 Å². The Morgan fingerprint density at radius 3 is 2.86 bits per heavy atom. The van der Waals surface area contributed by atoms with E-state index < -0.39 is 5.82 Å². The van der Waals surface area contributed by atoms with Crippen molar-refractivity contribution < 1.29 is 9.18 Å². The Morgan fingerprint density at radius 2 is 2.29 bits per heavy atom. The third-order valence-corrected chi connectivity index (χ3v) is 4.19. The monoisotopic (exact) mass is 312 g/mol. The lowest BCUT2D eigenvalue weighted by Gasteiger charge is -2.33. The van der Waals surface area contributed by atoms with Gasteiger partial charge in [-0.3, -0.25) is 4.79 Å². The lowest BCUT2D eigenvalue weighted by Crippen LogP contribution is -2.44. The van der Waals surface area contributed by atoms with Crippen molar-refractivity contribution in [2.75, 3.05) is 19.6 Å². The summed E-state index contributed by atoms with van der Waals surface area (Å²) >= 11 is 5.78. The van der Waals surface area contributed by atoms with Gasteiger partial charge in [0.05, 0.1) is 5.02 Å². The molecular weight excluding hydrogens is 291 g/mol. The molecular formula is C16H22ClFN2O. The van der Waals surface area contributed by atoms with Crippen LogP contribution in [0.15, 0.2) is 18.2 Å². The van der Waals surface area contributed by atoms with E-state index >= 15 is 0 Å². The van der Waals surface area contributed by atoms with Crippen molar-refractivity contribution in [1.82, 2.24) is 10.2 Å². The fourth-order valence-electron chi connectivity index (χ4n) is 2.68. The van der Waals surface area contributed by atoms with Crippen LogP contribution in [0.4, 0.5) is 4.39 Å². The first-order valence-corrected chi connectivity index (χ1v) is 7.83. The second-order valence-electron chi connectivity index (χ2n) is 5.89. The van der Waals surface area contributed by atoms with Crippen LogP contribution in [0, 0.1) is 11.7 Å². The predicted octanol–water partition coefficient (Wildman–Crippen LogP) is 3.33. The molecule has 1 N–H and O–H groups in total. The highest BCUT2D eigenvalue weighted by atomic mass is 35.5. The van der Waals surface area contributed by atoms with E-state index in [0.717, 1.165) is 32.5 Å². The van der Waals surface area contributed by atoms with Crippen LogP contribution in [0.25, 0.3) is 0 Å². The summed E-state index contributed by atoms with van der Waals surface area (Å²) < 4.78 is 13.2. The van der Waals surface area contributed by atoms with E-state index in [1.54, 1.807) is 0 Å². The molecule has 5 heteroatoms. The Balaban J connectivity index is 2.12. The van der Waals surface area contributed by atoms with Crippen LogP contribution in [0.2, 0.25) is 5.02 Å². The van der Waals surface area contributed by atoms with Gasteiger partial charge in [-0.1, -0.05) is 11.6 Å². The number of benzene rings is 1. The molecule has 1 aliphatic rings. The number of carbonyl (C=O) groups excluding carboxylic acids is 1. The predicted molar refractivity (Wildman–Crippen MR) is 83.2 cm³/mol. The van der Waals surface area contributed by atoms with E-state index in [9.17, 15) is 9.18 Å². The highest BCUT2D eigenvalue weighted by Crippen LogP contribution is 2.20. The fraction of sp³-hybridized carbons (Fsp3) is 0.562. The third kappa shape index (κ3) is 4.17. The van der Waals surface area contributed by atoms with Crippen molar-refractivity contribution in [3.8, 4) is 0 Å². The second kappa shape index (κ2) is 7.23. The lowest BCUT2D eigenvalue weighted by molar-refractivity contribution is 0.0661. The molecule has 1 aliphatic heterocycles. The van der Waals surface area contributed by atoms with Crippen molar-refractivity contribution >= 4 is 17.5 Å². The average Bonchev–Trinajstić information content (AvgIpc) is 2.47. The normalized spacial score (nSPS) is 18.8. The van der Waals surface area contributed by atoms with Gasteiger partial charge in [0, 0.05) is 18.2 Å².